The van der Waals surface area contributed by atoms with Crippen molar-refractivity contribution >= 4 is 40.1 Å². The Balaban J connectivity index is 1.66. The lowest BCUT2D eigenvalue weighted by Crippen LogP contribution is -2.31. The minimum Gasteiger partial charge on any atom is -0.450 e. The van der Waals surface area contributed by atoms with Crippen molar-refractivity contribution in [1.82, 2.24) is 4.90 Å². The summed E-state index contributed by atoms with van der Waals surface area (Å²) in [6, 6.07) is 21.4. The van der Waals surface area contributed by atoms with Crippen LogP contribution in [0.4, 0.5) is 0 Å². The predicted molar refractivity (Wildman–Crippen MR) is 122 cm³/mol. The number of halogens is 2. The van der Waals surface area contributed by atoms with Crippen molar-refractivity contribution in [2.75, 3.05) is 6.54 Å². The van der Waals surface area contributed by atoms with Crippen LogP contribution < -0.4 is 5.43 Å². The maximum absolute atomic E-state index is 13.5. The molecule has 3 aromatic carbocycles. The second kappa shape index (κ2) is 7.88. The van der Waals surface area contributed by atoms with Gasteiger partial charge in [-0.3, -0.25) is 9.59 Å². The van der Waals surface area contributed by atoms with Crippen LogP contribution in [0.1, 0.15) is 33.3 Å². The average molecular weight is 450 g/mol. The van der Waals surface area contributed by atoms with Crippen LogP contribution in [0.25, 0.3) is 11.0 Å². The molecule has 0 bridgehead atoms. The lowest BCUT2D eigenvalue weighted by molar-refractivity contribution is 0.0730. The largest absolute Gasteiger partial charge is 0.450 e. The topological polar surface area (TPSA) is 50.5 Å². The molecule has 0 radical (unpaired) electrons. The highest BCUT2D eigenvalue weighted by Crippen LogP contribution is 2.38. The van der Waals surface area contributed by atoms with E-state index in [1.54, 1.807) is 35.2 Å². The predicted octanol–water partition coefficient (Wildman–Crippen LogP) is 5.89. The quantitative estimate of drug-likeness (QED) is 0.390. The van der Waals surface area contributed by atoms with Gasteiger partial charge < -0.3 is 9.32 Å². The first-order valence-electron chi connectivity index (χ1n) is 9.89. The molecule has 0 aliphatic carbocycles. The summed E-state index contributed by atoms with van der Waals surface area (Å²) in [6.45, 7) is 0.441. The fraction of sp³-hybridized carbons (Fsp3) is 0.120. The molecule has 0 saturated heterocycles. The van der Waals surface area contributed by atoms with Gasteiger partial charge in [0.2, 0.25) is 5.76 Å². The zero-order chi connectivity index (χ0) is 21.5. The molecular weight excluding hydrogens is 433 g/mol. The lowest BCUT2D eigenvalue weighted by atomic mass is 9.98. The molecule has 0 saturated carbocycles. The van der Waals surface area contributed by atoms with Gasteiger partial charge in [-0.25, -0.2) is 0 Å². The molecule has 0 fully saturated rings. The van der Waals surface area contributed by atoms with E-state index in [4.69, 9.17) is 27.6 Å². The molecule has 5 rings (SSSR count). The third-order valence-electron chi connectivity index (χ3n) is 5.60. The van der Waals surface area contributed by atoms with E-state index in [-0.39, 0.29) is 17.1 Å². The minimum atomic E-state index is -0.553. The lowest BCUT2D eigenvalue weighted by Gasteiger charge is -2.25. The Morgan fingerprint density at radius 3 is 2.32 bits per heavy atom. The molecule has 2 heterocycles. The van der Waals surface area contributed by atoms with Gasteiger partial charge >= 0.3 is 0 Å². The molecule has 6 heteroatoms. The summed E-state index contributed by atoms with van der Waals surface area (Å²) in [7, 11) is 0. The highest BCUT2D eigenvalue weighted by atomic mass is 35.5. The third-order valence-corrected chi connectivity index (χ3v) is 6.08. The monoisotopic (exact) mass is 449 g/mol. The number of amides is 1. The van der Waals surface area contributed by atoms with Crippen LogP contribution >= 0.6 is 23.2 Å². The van der Waals surface area contributed by atoms with E-state index in [1.165, 1.54) is 0 Å². The van der Waals surface area contributed by atoms with Crippen LogP contribution in [0.2, 0.25) is 10.0 Å². The Hall–Kier alpha value is -3.08. The van der Waals surface area contributed by atoms with Gasteiger partial charge in [-0.05, 0) is 47.9 Å². The second-order valence-corrected chi connectivity index (χ2v) is 8.38. The van der Waals surface area contributed by atoms with Gasteiger partial charge in [-0.15, -0.1) is 0 Å². The Bertz CT molecular complexity index is 1350. The summed E-state index contributed by atoms with van der Waals surface area (Å²) in [5.41, 5.74) is 2.36. The van der Waals surface area contributed by atoms with E-state index in [2.05, 4.69) is 0 Å². The van der Waals surface area contributed by atoms with E-state index >= 15 is 0 Å². The average Bonchev–Trinajstić information content (AvgIpc) is 3.06. The Kier molecular flexibility index (Phi) is 5.05. The van der Waals surface area contributed by atoms with Crippen LogP contribution in [0.15, 0.2) is 82.0 Å². The maximum Gasteiger partial charge on any atom is 0.290 e. The van der Waals surface area contributed by atoms with Gasteiger partial charge in [0.1, 0.15) is 5.58 Å². The highest BCUT2D eigenvalue weighted by molar-refractivity contribution is 6.31. The molecule has 0 spiro atoms. The molecule has 4 aromatic rings. The number of hydrogen-bond donors (Lipinski definition) is 0. The number of rotatable bonds is 4. The number of fused-ring (bicyclic) bond motifs is 2. The molecule has 4 nitrogen and oxygen atoms in total. The van der Waals surface area contributed by atoms with Gasteiger partial charge in [0.15, 0.2) is 5.43 Å². The molecular formula is C25H17Cl2NO3. The fourth-order valence-corrected chi connectivity index (χ4v) is 4.41. The van der Waals surface area contributed by atoms with Gasteiger partial charge in [-0.1, -0.05) is 65.7 Å². The molecule has 154 valence electrons. The number of carbonyl (C=O) groups is 1. The SMILES string of the molecule is O=C1c2oc3ccc(Cl)cc3c(=O)c2C(c2ccc(Cl)cc2)N1CCc1ccccc1. The van der Waals surface area contributed by atoms with Gasteiger partial charge in [0.05, 0.1) is 17.0 Å². The molecule has 1 atom stereocenters. The van der Waals surface area contributed by atoms with E-state index < -0.39 is 6.04 Å². The molecule has 0 N–H and O–H groups in total. The molecule has 1 amide bonds. The zero-order valence-corrected chi connectivity index (χ0v) is 17.9. The molecule has 1 aliphatic rings. The van der Waals surface area contributed by atoms with Gasteiger partial charge in [0, 0.05) is 16.6 Å². The maximum atomic E-state index is 13.5. The van der Waals surface area contributed by atoms with Crippen LogP contribution in [0.5, 0.6) is 0 Å². The molecule has 1 aromatic heterocycles. The van der Waals surface area contributed by atoms with Gasteiger partial charge in [-0.2, -0.15) is 0 Å². The highest BCUT2D eigenvalue weighted by Gasteiger charge is 2.42. The van der Waals surface area contributed by atoms with E-state index in [0.717, 1.165) is 11.1 Å². The normalized spacial score (nSPS) is 15.5. The standard InChI is InChI=1S/C25H17Cl2NO3/c26-17-8-6-16(7-9-17)22-21-23(29)19-14-18(27)10-11-20(19)31-24(21)25(30)28(22)13-12-15-4-2-1-3-5-15/h1-11,14,22H,12-13H2. The first kappa shape index (κ1) is 19.9. The Morgan fingerprint density at radius 1 is 0.871 bits per heavy atom. The summed E-state index contributed by atoms with van der Waals surface area (Å²) in [6.07, 6.45) is 0.657. The minimum absolute atomic E-state index is 0.0906. The van der Waals surface area contributed by atoms with Crippen molar-refractivity contribution in [3.63, 3.8) is 0 Å². The van der Waals surface area contributed by atoms with E-state index in [9.17, 15) is 9.59 Å². The van der Waals surface area contributed by atoms with Crippen molar-refractivity contribution in [3.05, 3.63) is 116 Å². The van der Waals surface area contributed by atoms with Crippen LogP contribution in [0, 0.1) is 0 Å². The summed E-state index contributed by atoms with van der Waals surface area (Å²) in [5, 5.41) is 1.39. The Morgan fingerprint density at radius 2 is 1.58 bits per heavy atom. The fourth-order valence-electron chi connectivity index (χ4n) is 4.11. The van der Waals surface area contributed by atoms with E-state index in [0.29, 0.717) is 39.5 Å². The van der Waals surface area contributed by atoms with E-state index in [1.807, 2.05) is 42.5 Å². The summed E-state index contributed by atoms with van der Waals surface area (Å²) in [5.74, 6) is -0.201. The third kappa shape index (κ3) is 3.52. The first-order valence-corrected chi connectivity index (χ1v) is 10.6. The van der Waals surface area contributed by atoms with Crippen LogP contribution in [-0.4, -0.2) is 17.4 Å². The summed E-state index contributed by atoms with van der Waals surface area (Å²) in [4.78, 5) is 28.5. The molecule has 31 heavy (non-hydrogen) atoms. The van der Waals surface area contributed by atoms with Crippen molar-refractivity contribution < 1.29 is 9.21 Å². The van der Waals surface area contributed by atoms with Gasteiger partial charge in [0.25, 0.3) is 5.91 Å². The molecule has 1 unspecified atom stereocenters. The zero-order valence-electron chi connectivity index (χ0n) is 16.3. The first-order chi connectivity index (χ1) is 15.0. The van der Waals surface area contributed by atoms with Crippen LogP contribution in [-0.2, 0) is 6.42 Å². The second-order valence-electron chi connectivity index (χ2n) is 7.50. The van der Waals surface area contributed by atoms with Crippen molar-refractivity contribution in [2.24, 2.45) is 0 Å². The summed E-state index contributed by atoms with van der Waals surface area (Å²) < 4.78 is 5.93. The number of benzene rings is 3. The number of hydrogen-bond acceptors (Lipinski definition) is 3. The summed E-state index contributed by atoms with van der Waals surface area (Å²) >= 11 is 12.2. The van der Waals surface area contributed by atoms with Crippen molar-refractivity contribution in [1.29, 1.82) is 0 Å². The molecule has 1 aliphatic heterocycles. The number of carbonyl (C=O) groups excluding carboxylic acids is 1. The smallest absolute Gasteiger partial charge is 0.290 e. The Labute approximate surface area is 188 Å². The van der Waals surface area contributed by atoms with Crippen LogP contribution in [0.3, 0.4) is 0 Å². The van der Waals surface area contributed by atoms with Crippen molar-refractivity contribution in [2.45, 2.75) is 12.5 Å². The number of nitrogens with zero attached hydrogens (tertiary/aromatic N) is 1. The van der Waals surface area contributed by atoms with Crippen molar-refractivity contribution in [3.8, 4) is 0 Å².